The van der Waals surface area contributed by atoms with Crippen molar-refractivity contribution in [1.82, 2.24) is 4.90 Å². The summed E-state index contributed by atoms with van der Waals surface area (Å²) in [7, 11) is 2.11. The van der Waals surface area contributed by atoms with E-state index in [1.54, 1.807) is 0 Å². The Hall–Kier alpha value is -0.610. The molecule has 2 aliphatic rings. The Morgan fingerprint density at radius 3 is 2.35 bits per heavy atom. The minimum atomic E-state index is -0.644. The lowest BCUT2D eigenvalue weighted by atomic mass is 9.78. The van der Waals surface area contributed by atoms with Crippen LogP contribution in [-0.4, -0.2) is 48.8 Å². The summed E-state index contributed by atoms with van der Waals surface area (Å²) in [6.45, 7) is 4.12. The lowest BCUT2D eigenvalue weighted by molar-refractivity contribution is -0.157. The molecule has 20 heavy (non-hydrogen) atoms. The maximum absolute atomic E-state index is 11.7. The highest BCUT2D eigenvalue weighted by Crippen LogP contribution is 2.35. The minimum absolute atomic E-state index is 0.567. The molecule has 4 heteroatoms. The van der Waals surface area contributed by atoms with Crippen molar-refractivity contribution in [3.8, 4) is 0 Å². The number of carboxylic acids is 1. The summed E-state index contributed by atoms with van der Waals surface area (Å²) >= 11 is 0. The zero-order valence-electron chi connectivity index (χ0n) is 12.9. The van der Waals surface area contributed by atoms with Crippen molar-refractivity contribution in [2.75, 3.05) is 26.8 Å². The SMILES string of the molecule is CCC1CCC(N(C)CC2(C(=O)O)CCOCC2)CC1. The Bertz CT molecular complexity index is 318. The molecule has 0 unspecified atom stereocenters. The van der Waals surface area contributed by atoms with Crippen molar-refractivity contribution >= 4 is 5.97 Å². The molecular formula is C16H29NO3. The topological polar surface area (TPSA) is 49.8 Å². The highest BCUT2D eigenvalue weighted by molar-refractivity contribution is 5.75. The van der Waals surface area contributed by atoms with Gasteiger partial charge in [0.2, 0.25) is 0 Å². The van der Waals surface area contributed by atoms with Gasteiger partial charge >= 0.3 is 5.97 Å². The minimum Gasteiger partial charge on any atom is -0.481 e. The van der Waals surface area contributed by atoms with Crippen LogP contribution in [0.3, 0.4) is 0 Å². The van der Waals surface area contributed by atoms with Crippen LogP contribution in [0.2, 0.25) is 0 Å². The van der Waals surface area contributed by atoms with Crippen LogP contribution in [0.4, 0.5) is 0 Å². The van der Waals surface area contributed by atoms with E-state index >= 15 is 0 Å². The molecule has 0 aromatic rings. The first-order valence-electron chi connectivity index (χ1n) is 8.09. The van der Waals surface area contributed by atoms with E-state index in [1.807, 2.05) is 0 Å². The van der Waals surface area contributed by atoms with Crippen LogP contribution >= 0.6 is 0 Å². The van der Waals surface area contributed by atoms with Gasteiger partial charge in [0.15, 0.2) is 0 Å². The van der Waals surface area contributed by atoms with E-state index in [2.05, 4.69) is 18.9 Å². The molecule has 0 spiro atoms. The molecular weight excluding hydrogens is 254 g/mol. The van der Waals surface area contributed by atoms with Crippen LogP contribution in [-0.2, 0) is 9.53 Å². The van der Waals surface area contributed by atoms with Gasteiger partial charge in [-0.2, -0.15) is 0 Å². The largest absolute Gasteiger partial charge is 0.481 e. The molecule has 0 aromatic carbocycles. The van der Waals surface area contributed by atoms with E-state index in [0.29, 0.717) is 38.6 Å². The number of ether oxygens (including phenoxy) is 1. The summed E-state index contributed by atoms with van der Waals surface area (Å²) in [6.07, 6.45) is 7.63. The monoisotopic (exact) mass is 283 g/mol. The number of carbonyl (C=O) groups is 1. The van der Waals surface area contributed by atoms with Crippen molar-refractivity contribution in [3.63, 3.8) is 0 Å². The van der Waals surface area contributed by atoms with Crippen LogP contribution in [0.1, 0.15) is 51.9 Å². The Balaban J connectivity index is 1.92. The normalized spacial score (nSPS) is 30.4. The fourth-order valence-corrected chi connectivity index (χ4v) is 3.80. The second-order valence-corrected chi connectivity index (χ2v) is 6.70. The van der Waals surface area contributed by atoms with Gasteiger partial charge in [-0.3, -0.25) is 4.79 Å². The van der Waals surface area contributed by atoms with Crippen molar-refractivity contribution in [3.05, 3.63) is 0 Å². The van der Waals surface area contributed by atoms with Gasteiger partial charge in [0, 0.05) is 25.8 Å². The molecule has 1 N–H and O–H groups in total. The van der Waals surface area contributed by atoms with Crippen LogP contribution in [0.25, 0.3) is 0 Å². The van der Waals surface area contributed by atoms with Crippen molar-refractivity contribution in [2.45, 2.75) is 57.9 Å². The summed E-state index contributed by atoms with van der Waals surface area (Å²) in [5.41, 5.74) is -0.589. The molecule has 0 bridgehead atoms. The van der Waals surface area contributed by atoms with Gasteiger partial charge in [-0.15, -0.1) is 0 Å². The molecule has 1 aliphatic heterocycles. The second-order valence-electron chi connectivity index (χ2n) is 6.70. The van der Waals surface area contributed by atoms with E-state index in [0.717, 1.165) is 5.92 Å². The third-order valence-corrected chi connectivity index (χ3v) is 5.47. The molecule has 2 rings (SSSR count). The molecule has 1 heterocycles. The standard InChI is InChI=1S/C16H29NO3/c1-3-13-4-6-14(7-5-13)17(2)12-16(15(18)19)8-10-20-11-9-16/h13-14H,3-12H2,1-2H3,(H,18,19). The van der Waals surface area contributed by atoms with Gasteiger partial charge in [-0.1, -0.05) is 13.3 Å². The molecule has 0 atom stereocenters. The Morgan fingerprint density at radius 2 is 1.85 bits per heavy atom. The summed E-state index contributed by atoms with van der Waals surface area (Å²) in [6, 6.07) is 0.567. The predicted octanol–water partition coefficient (Wildman–Crippen LogP) is 2.77. The average Bonchev–Trinajstić information content (AvgIpc) is 2.48. The Morgan fingerprint density at radius 1 is 1.25 bits per heavy atom. The maximum Gasteiger partial charge on any atom is 0.311 e. The summed E-state index contributed by atoms with van der Waals surface area (Å²) in [4.78, 5) is 14.0. The molecule has 0 amide bonds. The zero-order valence-corrected chi connectivity index (χ0v) is 12.9. The molecule has 0 aromatic heterocycles. The van der Waals surface area contributed by atoms with Gasteiger partial charge < -0.3 is 14.7 Å². The average molecular weight is 283 g/mol. The Labute approximate surface area is 122 Å². The first kappa shape index (κ1) is 15.8. The fraction of sp³-hybridized carbons (Fsp3) is 0.938. The van der Waals surface area contributed by atoms with E-state index in [4.69, 9.17) is 4.74 Å². The van der Waals surface area contributed by atoms with Gasteiger partial charge in [0.25, 0.3) is 0 Å². The molecule has 2 fully saturated rings. The quantitative estimate of drug-likeness (QED) is 0.843. The first-order chi connectivity index (χ1) is 9.57. The van der Waals surface area contributed by atoms with Crippen LogP contribution in [0, 0.1) is 11.3 Å². The highest BCUT2D eigenvalue weighted by Gasteiger charge is 2.42. The summed E-state index contributed by atoms with van der Waals surface area (Å²) in [5.74, 6) is 0.242. The molecule has 4 nitrogen and oxygen atoms in total. The summed E-state index contributed by atoms with van der Waals surface area (Å²) < 4.78 is 5.35. The van der Waals surface area contributed by atoms with Crippen molar-refractivity contribution < 1.29 is 14.6 Å². The van der Waals surface area contributed by atoms with E-state index in [1.165, 1.54) is 32.1 Å². The van der Waals surface area contributed by atoms with Gasteiger partial charge in [0.05, 0.1) is 5.41 Å². The highest BCUT2D eigenvalue weighted by atomic mass is 16.5. The molecule has 1 saturated heterocycles. The number of aliphatic carboxylic acids is 1. The third-order valence-electron chi connectivity index (χ3n) is 5.47. The predicted molar refractivity (Wildman–Crippen MR) is 78.8 cm³/mol. The number of nitrogens with zero attached hydrogens (tertiary/aromatic N) is 1. The first-order valence-corrected chi connectivity index (χ1v) is 8.09. The fourth-order valence-electron chi connectivity index (χ4n) is 3.80. The van der Waals surface area contributed by atoms with Crippen molar-refractivity contribution in [2.24, 2.45) is 11.3 Å². The molecule has 116 valence electrons. The van der Waals surface area contributed by atoms with Gasteiger partial charge in [-0.05, 0) is 51.5 Å². The number of carboxylic acid groups (broad SMARTS) is 1. The number of hydrogen-bond donors (Lipinski definition) is 1. The zero-order chi connectivity index (χ0) is 14.6. The van der Waals surface area contributed by atoms with E-state index in [-0.39, 0.29) is 0 Å². The molecule has 1 aliphatic carbocycles. The van der Waals surface area contributed by atoms with Gasteiger partial charge in [-0.25, -0.2) is 0 Å². The number of rotatable bonds is 5. The number of hydrogen-bond acceptors (Lipinski definition) is 3. The van der Waals surface area contributed by atoms with E-state index in [9.17, 15) is 9.90 Å². The van der Waals surface area contributed by atoms with Crippen LogP contribution < -0.4 is 0 Å². The maximum atomic E-state index is 11.7. The summed E-state index contributed by atoms with van der Waals surface area (Å²) in [5, 5.41) is 9.63. The lowest BCUT2D eigenvalue weighted by Gasteiger charge is -2.41. The smallest absolute Gasteiger partial charge is 0.311 e. The van der Waals surface area contributed by atoms with Crippen LogP contribution in [0.15, 0.2) is 0 Å². The second kappa shape index (κ2) is 6.90. The van der Waals surface area contributed by atoms with Crippen LogP contribution in [0.5, 0.6) is 0 Å². The van der Waals surface area contributed by atoms with Gasteiger partial charge in [0.1, 0.15) is 0 Å². The molecule has 1 saturated carbocycles. The lowest BCUT2D eigenvalue weighted by Crippen LogP contribution is -2.49. The third kappa shape index (κ3) is 3.53. The Kier molecular flexibility index (Phi) is 5.44. The molecule has 0 radical (unpaired) electrons. The van der Waals surface area contributed by atoms with Crippen molar-refractivity contribution in [1.29, 1.82) is 0 Å². The van der Waals surface area contributed by atoms with E-state index < -0.39 is 11.4 Å².